The average molecular weight is 492 g/mol. The highest BCUT2D eigenvalue weighted by atomic mass is 35.5. The van der Waals surface area contributed by atoms with Crippen molar-refractivity contribution >= 4 is 11.6 Å². The molecule has 2 heterocycles. The fraction of sp³-hybridized carbons (Fsp3) is 0.538. The summed E-state index contributed by atoms with van der Waals surface area (Å²) < 4.78 is 11.7. The number of benzene rings is 2. The molecule has 0 amide bonds. The molecule has 4 N–H and O–H groups in total. The van der Waals surface area contributed by atoms with Crippen LogP contribution in [0.4, 0.5) is 0 Å². The highest BCUT2D eigenvalue weighted by Crippen LogP contribution is 2.35. The van der Waals surface area contributed by atoms with Gasteiger partial charge in [-0.3, -0.25) is 4.90 Å². The van der Waals surface area contributed by atoms with Crippen LogP contribution in [0.2, 0.25) is 5.02 Å². The van der Waals surface area contributed by atoms with E-state index in [9.17, 15) is 20.4 Å². The van der Waals surface area contributed by atoms with E-state index in [2.05, 4.69) is 0 Å². The molecule has 6 atom stereocenters. The number of nitrogens with zero attached hydrogens (tertiary/aromatic N) is 1. The first-order valence-electron chi connectivity index (χ1n) is 12.0. The third-order valence-electron chi connectivity index (χ3n) is 6.66. The van der Waals surface area contributed by atoms with Crippen LogP contribution in [-0.2, 0) is 11.2 Å². The van der Waals surface area contributed by atoms with Gasteiger partial charge in [0.05, 0.1) is 18.8 Å². The maximum Gasteiger partial charge on any atom is 0.119 e. The Morgan fingerprint density at radius 2 is 1.79 bits per heavy atom. The lowest BCUT2D eigenvalue weighted by Gasteiger charge is -2.43. The monoisotopic (exact) mass is 491 g/mol. The molecule has 34 heavy (non-hydrogen) atoms. The van der Waals surface area contributed by atoms with Crippen LogP contribution in [0.5, 0.6) is 5.75 Å². The van der Waals surface area contributed by atoms with E-state index in [0.29, 0.717) is 36.7 Å². The molecule has 0 spiro atoms. The standard InChI is InChI=1S/C26H34ClNO6/c1-2-33-20-8-5-16(6-9-20)12-18-13-17(7-10-21(18)27)26-25(32)24(31)23(30)22(34-26)15-28-11-3-4-19(29)14-28/h5-10,13,19,22-26,29-32H,2-4,11-12,14-15H2,1H3/t19?,22-,23-,24+,25-,26+/m1/s1. The molecular weight excluding hydrogens is 458 g/mol. The van der Waals surface area contributed by atoms with Gasteiger partial charge in [0, 0.05) is 18.1 Å². The largest absolute Gasteiger partial charge is 0.494 e. The predicted octanol–water partition coefficient (Wildman–Crippen LogP) is 2.31. The number of aliphatic hydroxyl groups is 4. The molecule has 2 aromatic carbocycles. The van der Waals surface area contributed by atoms with E-state index in [1.165, 1.54) is 0 Å². The Morgan fingerprint density at radius 1 is 1.03 bits per heavy atom. The van der Waals surface area contributed by atoms with Gasteiger partial charge in [-0.25, -0.2) is 0 Å². The lowest BCUT2D eigenvalue weighted by molar-refractivity contribution is -0.228. The predicted molar refractivity (Wildman–Crippen MR) is 129 cm³/mol. The number of hydrogen-bond donors (Lipinski definition) is 4. The molecule has 8 heteroatoms. The van der Waals surface area contributed by atoms with Gasteiger partial charge in [0.25, 0.3) is 0 Å². The third kappa shape index (κ3) is 5.91. The topological polar surface area (TPSA) is 103 Å². The van der Waals surface area contributed by atoms with Gasteiger partial charge in [-0.2, -0.15) is 0 Å². The molecule has 2 aliphatic rings. The van der Waals surface area contributed by atoms with Crippen LogP contribution in [0, 0.1) is 0 Å². The van der Waals surface area contributed by atoms with E-state index >= 15 is 0 Å². The van der Waals surface area contributed by atoms with Crippen molar-refractivity contribution in [3.8, 4) is 5.75 Å². The van der Waals surface area contributed by atoms with E-state index < -0.39 is 36.6 Å². The summed E-state index contributed by atoms with van der Waals surface area (Å²) in [6.07, 6.45) is -3.54. The smallest absolute Gasteiger partial charge is 0.119 e. The Kier molecular flexibility index (Phi) is 8.47. The van der Waals surface area contributed by atoms with Crippen molar-refractivity contribution < 1.29 is 29.9 Å². The van der Waals surface area contributed by atoms with E-state index in [1.807, 2.05) is 42.2 Å². The first-order chi connectivity index (χ1) is 16.4. The zero-order chi connectivity index (χ0) is 24.2. The van der Waals surface area contributed by atoms with Crippen molar-refractivity contribution in [2.24, 2.45) is 0 Å². The van der Waals surface area contributed by atoms with E-state index in [-0.39, 0.29) is 0 Å². The van der Waals surface area contributed by atoms with Gasteiger partial charge >= 0.3 is 0 Å². The molecule has 4 rings (SSSR count). The van der Waals surface area contributed by atoms with Crippen molar-refractivity contribution in [1.82, 2.24) is 4.90 Å². The fourth-order valence-corrected chi connectivity index (χ4v) is 5.01. The van der Waals surface area contributed by atoms with Crippen molar-refractivity contribution in [2.45, 2.75) is 62.8 Å². The normalized spacial score (nSPS) is 30.3. The lowest BCUT2D eigenvalue weighted by atomic mass is 9.89. The highest BCUT2D eigenvalue weighted by molar-refractivity contribution is 6.31. The Hall–Kier alpha value is -1.71. The summed E-state index contributed by atoms with van der Waals surface area (Å²) in [5.74, 6) is 0.810. The van der Waals surface area contributed by atoms with Gasteiger partial charge in [0.2, 0.25) is 0 Å². The second-order valence-corrected chi connectivity index (χ2v) is 9.63. The first-order valence-corrected chi connectivity index (χ1v) is 12.3. The Bertz CT molecular complexity index is 941. The third-order valence-corrected chi connectivity index (χ3v) is 7.03. The summed E-state index contributed by atoms with van der Waals surface area (Å²) in [7, 11) is 0. The van der Waals surface area contributed by atoms with Crippen molar-refractivity contribution in [3.63, 3.8) is 0 Å². The van der Waals surface area contributed by atoms with Crippen LogP contribution in [0.15, 0.2) is 42.5 Å². The Morgan fingerprint density at radius 3 is 2.50 bits per heavy atom. The minimum Gasteiger partial charge on any atom is -0.494 e. The van der Waals surface area contributed by atoms with Gasteiger partial charge in [-0.05, 0) is 67.6 Å². The van der Waals surface area contributed by atoms with E-state index in [0.717, 1.165) is 36.3 Å². The SMILES string of the molecule is CCOc1ccc(Cc2cc([C@@H]3O[C@H](CN4CCCC(O)C4)[C@@H](O)[C@H](O)[C@H]3O)ccc2Cl)cc1. The second-order valence-electron chi connectivity index (χ2n) is 9.23. The van der Waals surface area contributed by atoms with Gasteiger partial charge in [-0.1, -0.05) is 35.9 Å². The number of β-amino-alcohol motifs (C(OH)–C–C–N with tert-alkyl or cyclic N) is 1. The molecule has 0 aliphatic carbocycles. The fourth-order valence-electron chi connectivity index (χ4n) is 4.83. The number of aliphatic hydroxyl groups excluding tert-OH is 4. The van der Waals surface area contributed by atoms with Crippen LogP contribution < -0.4 is 4.74 Å². The van der Waals surface area contributed by atoms with Crippen LogP contribution in [0.3, 0.4) is 0 Å². The molecule has 1 unspecified atom stereocenters. The molecule has 2 aliphatic heterocycles. The molecule has 0 bridgehead atoms. The van der Waals surface area contributed by atoms with Crippen LogP contribution in [0.1, 0.15) is 42.6 Å². The molecule has 186 valence electrons. The van der Waals surface area contributed by atoms with Crippen molar-refractivity contribution in [1.29, 1.82) is 0 Å². The average Bonchev–Trinajstić information content (AvgIpc) is 2.82. The lowest BCUT2D eigenvalue weighted by Crippen LogP contribution is -2.58. The van der Waals surface area contributed by atoms with Crippen LogP contribution in [0.25, 0.3) is 0 Å². The number of hydrogen-bond acceptors (Lipinski definition) is 7. The summed E-state index contributed by atoms with van der Waals surface area (Å²) in [5, 5.41) is 42.4. The molecule has 2 aromatic rings. The van der Waals surface area contributed by atoms with E-state index in [1.54, 1.807) is 12.1 Å². The van der Waals surface area contributed by atoms with Gasteiger partial charge < -0.3 is 29.9 Å². The van der Waals surface area contributed by atoms with E-state index in [4.69, 9.17) is 21.1 Å². The number of piperidine rings is 1. The number of halogens is 1. The van der Waals surface area contributed by atoms with Gasteiger partial charge in [-0.15, -0.1) is 0 Å². The number of rotatable bonds is 7. The minimum absolute atomic E-state index is 0.366. The molecule has 0 radical (unpaired) electrons. The van der Waals surface area contributed by atoms with Crippen LogP contribution >= 0.6 is 11.6 Å². The molecular formula is C26H34ClNO6. The summed E-state index contributed by atoms with van der Waals surface area (Å²) in [5.41, 5.74) is 2.62. The number of likely N-dealkylation sites (tertiary alicyclic amines) is 1. The second kappa shape index (κ2) is 11.4. The summed E-state index contributed by atoms with van der Waals surface area (Å²) >= 11 is 6.48. The molecule has 2 fully saturated rings. The van der Waals surface area contributed by atoms with Gasteiger partial charge in [0.1, 0.15) is 30.2 Å². The summed E-state index contributed by atoms with van der Waals surface area (Å²) in [6, 6.07) is 13.3. The zero-order valence-corrected chi connectivity index (χ0v) is 20.1. The molecule has 7 nitrogen and oxygen atoms in total. The summed E-state index contributed by atoms with van der Waals surface area (Å²) in [6.45, 7) is 4.21. The quantitative estimate of drug-likeness (QED) is 0.471. The van der Waals surface area contributed by atoms with Gasteiger partial charge in [0.15, 0.2) is 0 Å². The van der Waals surface area contributed by atoms with Crippen molar-refractivity contribution in [3.05, 3.63) is 64.2 Å². The maximum absolute atomic E-state index is 10.7. The van der Waals surface area contributed by atoms with Crippen LogP contribution in [-0.4, -0.2) is 82.1 Å². The number of ether oxygens (including phenoxy) is 2. The highest BCUT2D eigenvalue weighted by Gasteiger charge is 2.45. The maximum atomic E-state index is 10.7. The zero-order valence-electron chi connectivity index (χ0n) is 19.4. The van der Waals surface area contributed by atoms with Crippen molar-refractivity contribution in [2.75, 3.05) is 26.2 Å². The molecule has 2 saturated heterocycles. The molecule has 0 saturated carbocycles. The Balaban J connectivity index is 1.51. The minimum atomic E-state index is -1.34. The molecule has 0 aromatic heterocycles. The first kappa shape index (κ1) is 25.4. The summed E-state index contributed by atoms with van der Waals surface area (Å²) in [4.78, 5) is 2.03. The Labute approximate surface area is 205 Å².